The van der Waals surface area contributed by atoms with Gasteiger partial charge in [-0.15, -0.1) is 24.0 Å². The number of nitrogens with one attached hydrogen (secondary N) is 2. The van der Waals surface area contributed by atoms with Gasteiger partial charge in [0.1, 0.15) is 5.76 Å². The molecule has 0 amide bonds. The van der Waals surface area contributed by atoms with E-state index < -0.39 is 0 Å². The van der Waals surface area contributed by atoms with Gasteiger partial charge in [-0.25, -0.2) is 0 Å². The first-order valence-electron chi connectivity index (χ1n) is 11.3. The third-order valence-electron chi connectivity index (χ3n) is 5.83. The van der Waals surface area contributed by atoms with Gasteiger partial charge in [-0.2, -0.15) is 0 Å². The number of ether oxygens (including phenoxy) is 1. The summed E-state index contributed by atoms with van der Waals surface area (Å²) in [5.74, 6) is 1.90. The van der Waals surface area contributed by atoms with Crippen LogP contribution < -0.4 is 10.6 Å². The number of morpholine rings is 1. The van der Waals surface area contributed by atoms with E-state index in [2.05, 4.69) is 45.3 Å². The van der Waals surface area contributed by atoms with Crippen LogP contribution in [0.5, 0.6) is 0 Å². The molecule has 0 saturated carbocycles. The second-order valence-corrected chi connectivity index (χ2v) is 8.38. The molecule has 3 unspecified atom stereocenters. The molecule has 1 aromatic rings. The smallest absolute Gasteiger partial charge is 0.191 e. The van der Waals surface area contributed by atoms with Crippen LogP contribution in [0.25, 0.3) is 0 Å². The molecule has 7 nitrogen and oxygen atoms in total. The van der Waals surface area contributed by atoms with E-state index in [0.29, 0.717) is 12.2 Å². The maximum atomic E-state index is 5.82. The molecule has 0 spiro atoms. The first kappa shape index (κ1) is 25.4. The number of piperidine rings is 1. The Bertz CT molecular complexity index is 597. The molecule has 3 heterocycles. The Morgan fingerprint density at radius 3 is 2.53 bits per heavy atom. The molecule has 0 bridgehead atoms. The van der Waals surface area contributed by atoms with Crippen molar-refractivity contribution in [1.82, 2.24) is 20.4 Å². The van der Waals surface area contributed by atoms with Gasteiger partial charge in [-0.1, -0.05) is 6.42 Å². The molecule has 0 radical (unpaired) electrons. The lowest BCUT2D eigenvalue weighted by Crippen LogP contribution is -2.47. The largest absolute Gasteiger partial charge is 0.468 e. The Labute approximate surface area is 199 Å². The molecule has 2 fully saturated rings. The highest BCUT2D eigenvalue weighted by Gasteiger charge is 2.25. The Kier molecular flexibility index (Phi) is 11.5. The number of guanidine groups is 1. The summed E-state index contributed by atoms with van der Waals surface area (Å²) >= 11 is 0. The van der Waals surface area contributed by atoms with E-state index in [-0.39, 0.29) is 30.0 Å². The molecule has 3 atom stereocenters. The predicted octanol–water partition coefficient (Wildman–Crippen LogP) is 3.09. The topological polar surface area (TPSA) is 65.3 Å². The molecule has 172 valence electrons. The van der Waals surface area contributed by atoms with Crippen molar-refractivity contribution in [1.29, 1.82) is 0 Å². The average Bonchev–Trinajstić information content (AvgIpc) is 3.24. The van der Waals surface area contributed by atoms with Gasteiger partial charge in [0.05, 0.1) is 24.5 Å². The average molecular weight is 533 g/mol. The minimum Gasteiger partial charge on any atom is -0.468 e. The number of nitrogens with zero attached hydrogens (tertiary/aromatic N) is 3. The number of likely N-dealkylation sites (tertiary alicyclic amines) is 1. The van der Waals surface area contributed by atoms with Gasteiger partial charge in [0, 0.05) is 39.8 Å². The molecule has 30 heavy (non-hydrogen) atoms. The van der Waals surface area contributed by atoms with Crippen LogP contribution in [0.4, 0.5) is 0 Å². The SMILES string of the molecule is CN=C(NCCCN1CC(C)OC(C)C1)NCC(c1ccco1)N1CCCCC1.I. The lowest BCUT2D eigenvalue weighted by molar-refractivity contribution is -0.0679. The second-order valence-electron chi connectivity index (χ2n) is 8.38. The fourth-order valence-electron chi connectivity index (χ4n) is 4.51. The van der Waals surface area contributed by atoms with Crippen LogP contribution in [0.1, 0.15) is 51.3 Å². The number of furan rings is 1. The molecular formula is C22H40IN5O2. The van der Waals surface area contributed by atoms with E-state index in [1.54, 1.807) is 6.26 Å². The van der Waals surface area contributed by atoms with Gasteiger partial charge < -0.3 is 19.8 Å². The van der Waals surface area contributed by atoms with Crippen LogP contribution in [-0.2, 0) is 4.74 Å². The zero-order valence-corrected chi connectivity index (χ0v) is 21.1. The Balaban J connectivity index is 0.00000320. The highest BCUT2D eigenvalue weighted by molar-refractivity contribution is 14.0. The minimum absolute atomic E-state index is 0. The van der Waals surface area contributed by atoms with Gasteiger partial charge in [-0.3, -0.25) is 14.8 Å². The molecule has 2 aliphatic heterocycles. The van der Waals surface area contributed by atoms with Gasteiger partial charge in [0.15, 0.2) is 5.96 Å². The third kappa shape index (κ3) is 8.01. The first-order valence-corrected chi connectivity index (χ1v) is 11.3. The summed E-state index contributed by atoms with van der Waals surface area (Å²) in [4.78, 5) is 9.44. The van der Waals surface area contributed by atoms with Crippen LogP contribution in [0, 0.1) is 0 Å². The van der Waals surface area contributed by atoms with Crippen LogP contribution in [-0.4, -0.2) is 80.8 Å². The van der Waals surface area contributed by atoms with Crippen molar-refractivity contribution in [3.63, 3.8) is 0 Å². The van der Waals surface area contributed by atoms with E-state index in [0.717, 1.165) is 64.0 Å². The van der Waals surface area contributed by atoms with Gasteiger partial charge >= 0.3 is 0 Å². The van der Waals surface area contributed by atoms with Crippen LogP contribution in [0.3, 0.4) is 0 Å². The molecule has 3 rings (SSSR count). The Morgan fingerprint density at radius 2 is 1.90 bits per heavy atom. The highest BCUT2D eigenvalue weighted by Crippen LogP contribution is 2.24. The molecule has 2 N–H and O–H groups in total. The molecule has 2 aliphatic rings. The lowest BCUT2D eigenvalue weighted by atomic mass is 10.1. The Hall–Kier alpha value is -0.840. The first-order chi connectivity index (χ1) is 14.2. The van der Waals surface area contributed by atoms with Crippen molar-refractivity contribution in [2.75, 3.05) is 52.9 Å². The summed E-state index contributed by atoms with van der Waals surface area (Å²) in [6.45, 7) is 11.4. The standard InChI is InChI=1S/C22H39N5O2.HI/c1-18-16-26(17-19(2)29-18)11-8-10-24-22(23-3)25-15-20(21-9-7-14-28-21)27-12-5-4-6-13-27;/h7,9,14,18-20H,4-6,8,10-13,15-17H2,1-3H3,(H2,23,24,25);1H. The number of rotatable bonds is 8. The quantitative estimate of drug-likeness (QED) is 0.232. The fraction of sp³-hybridized carbons (Fsp3) is 0.773. The maximum absolute atomic E-state index is 5.82. The Morgan fingerprint density at radius 1 is 1.17 bits per heavy atom. The lowest BCUT2D eigenvalue weighted by Gasteiger charge is -2.35. The molecule has 0 aliphatic carbocycles. The van der Waals surface area contributed by atoms with Crippen LogP contribution in [0.15, 0.2) is 27.8 Å². The highest BCUT2D eigenvalue weighted by atomic mass is 127. The van der Waals surface area contributed by atoms with E-state index in [1.807, 2.05) is 13.1 Å². The van der Waals surface area contributed by atoms with Crippen molar-refractivity contribution in [3.8, 4) is 0 Å². The normalized spacial score (nSPS) is 24.8. The summed E-state index contributed by atoms with van der Waals surface area (Å²) in [6.07, 6.45) is 7.38. The van der Waals surface area contributed by atoms with Crippen LogP contribution >= 0.6 is 24.0 Å². The molecular weight excluding hydrogens is 493 g/mol. The predicted molar refractivity (Wildman–Crippen MR) is 133 cm³/mol. The second kappa shape index (κ2) is 13.5. The maximum Gasteiger partial charge on any atom is 0.191 e. The number of hydrogen-bond acceptors (Lipinski definition) is 5. The van der Waals surface area contributed by atoms with E-state index in [4.69, 9.17) is 9.15 Å². The van der Waals surface area contributed by atoms with Crippen molar-refractivity contribution >= 4 is 29.9 Å². The van der Waals surface area contributed by atoms with Crippen molar-refractivity contribution in [2.45, 2.75) is 57.8 Å². The van der Waals surface area contributed by atoms with Crippen molar-refractivity contribution in [2.24, 2.45) is 4.99 Å². The fourth-order valence-corrected chi connectivity index (χ4v) is 4.51. The number of aliphatic imine (C=N–C) groups is 1. The third-order valence-corrected chi connectivity index (χ3v) is 5.83. The molecule has 2 saturated heterocycles. The van der Waals surface area contributed by atoms with Crippen LogP contribution in [0.2, 0.25) is 0 Å². The summed E-state index contributed by atoms with van der Waals surface area (Å²) < 4.78 is 11.6. The van der Waals surface area contributed by atoms with Gasteiger partial charge in [0.2, 0.25) is 0 Å². The summed E-state index contributed by atoms with van der Waals surface area (Å²) in [6, 6.07) is 4.31. The monoisotopic (exact) mass is 533 g/mol. The molecule has 8 heteroatoms. The molecule has 1 aromatic heterocycles. The number of hydrogen-bond donors (Lipinski definition) is 2. The summed E-state index contributed by atoms with van der Waals surface area (Å²) in [5, 5.41) is 6.98. The van der Waals surface area contributed by atoms with E-state index in [1.165, 1.54) is 19.3 Å². The van der Waals surface area contributed by atoms with Gasteiger partial charge in [-0.05, 0) is 58.3 Å². The minimum atomic E-state index is 0. The zero-order chi connectivity index (χ0) is 20.5. The van der Waals surface area contributed by atoms with Crippen molar-refractivity contribution < 1.29 is 9.15 Å². The number of halogens is 1. The summed E-state index contributed by atoms with van der Waals surface area (Å²) in [5.41, 5.74) is 0. The molecule has 0 aromatic carbocycles. The summed E-state index contributed by atoms with van der Waals surface area (Å²) in [7, 11) is 1.84. The van der Waals surface area contributed by atoms with Gasteiger partial charge in [0.25, 0.3) is 0 Å². The zero-order valence-electron chi connectivity index (χ0n) is 18.8. The van der Waals surface area contributed by atoms with Crippen molar-refractivity contribution in [3.05, 3.63) is 24.2 Å². The van der Waals surface area contributed by atoms with E-state index in [9.17, 15) is 0 Å². The van der Waals surface area contributed by atoms with E-state index >= 15 is 0 Å².